The Bertz CT molecular complexity index is 477. The molecule has 0 bridgehead atoms. The summed E-state index contributed by atoms with van der Waals surface area (Å²) in [6, 6.07) is 0. The van der Waals surface area contributed by atoms with E-state index >= 15 is 0 Å². The van der Waals surface area contributed by atoms with Crippen LogP contribution in [0, 0.1) is 0 Å². The topological polar surface area (TPSA) is 83.5 Å². The van der Waals surface area contributed by atoms with Crippen LogP contribution in [0.2, 0.25) is 0 Å². The van der Waals surface area contributed by atoms with Gasteiger partial charge >= 0.3 is 35.5 Å². The fourth-order valence-corrected chi connectivity index (χ4v) is 3.21. The smallest absolute Gasteiger partial charge is 0.745 e. The first-order valence-corrected chi connectivity index (χ1v) is 12.3. The van der Waals surface area contributed by atoms with Crippen molar-refractivity contribution in [3.63, 3.8) is 0 Å². The molecule has 0 spiro atoms. The normalized spacial score (nSPS) is 11.9. The van der Waals surface area contributed by atoms with Crippen LogP contribution in [0.1, 0.15) is 124 Å². The molecule has 0 fully saturated rings. The quantitative estimate of drug-likeness (QED) is 0.145. The Morgan fingerprint density at radius 2 is 1.07 bits per heavy atom. The van der Waals surface area contributed by atoms with Crippen molar-refractivity contribution in [1.82, 2.24) is 0 Å². The Labute approximate surface area is 195 Å². The van der Waals surface area contributed by atoms with Gasteiger partial charge in [0.1, 0.15) is 10.1 Å². The van der Waals surface area contributed by atoms with Gasteiger partial charge in [-0.1, -0.05) is 96.8 Å². The molecule has 0 aromatic rings. The largest absolute Gasteiger partial charge is 1.00 e. The molecule has 0 aromatic carbocycles. The van der Waals surface area contributed by atoms with Crippen LogP contribution in [0.4, 0.5) is 0 Å². The van der Waals surface area contributed by atoms with E-state index in [0.717, 1.165) is 26.7 Å². The number of unbranched alkanes of at least 4 members (excludes halogenated alkanes) is 14. The molecule has 0 aliphatic carbocycles. The predicted molar refractivity (Wildman–Crippen MR) is 109 cm³/mol. The summed E-state index contributed by atoms with van der Waals surface area (Å²) in [5.41, 5.74) is 0. The zero-order chi connectivity index (χ0) is 20.6. The molecule has 5 nitrogen and oxygen atoms in total. The van der Waals surface area contributed by atoms with Gasteiger partial charge in [-0.05, 0) is 20.3 Å². The van der Waals surface area contributed by atoms with Gasteiger partial charge in [-0.15, -0.1) is 0 Å². The van der Waals surface area contributed by atoms with Gasteiger partial charge in [0.25, 0.3) is 0 Å². The third kappa shape index (κ3) is 17.3. The van der Waals surface area contributed by atoms with Gasteiger partial charge in [0, 0.05) is 6.42 Å². The Hall–Kier alpha value is 0.380. The molecule has 0 amide bonds. The third-order valence-corrected chi connectivity index (χ3v) is 6.23. The summed E-state index contributed by atoms with van der Waals surface area (Å²) in [4.78, 5) is 9.63. The van der Waals surface area contributed by atoms with Crippen molar-refractivity contribution in [3.8, 4) is 0 Å². The Morgan fingerprint density at radius 1 is 0.750 bits per heavy atom. The summed E-state index contributed by atoms with van der Waals surface area (Å²) in [6.07, 6.45) is 18.8. The maximum absolute atomic E-state index is 11.6. The van der Waals surface area contributed by atoms with Gasteiger partial charge in [0.05, 0.1) is 0 Å². The molecule has 0 aliphatic rings. The van der Waals surface area contributed by atoms with Gasteiger partial charge in [0.2, 0.25) is 0 Å². The second-order valence-corrected chi connectivity index (χ2v) is 9.92. The second kappa shape index (κ2) is 18.2. The molecule has 0 atom stereocenters. The van der Waals surface area contributed by atoms with Crippen LogP contribution >= 0.6 is 0 Å². The molecule has 0 unspecified atom stereocenters. The first-order chi connectivity index (χ1) is 12.7. The molecule has 0 rings (SSSR count). The van der Waals surface area contributed by atoms with E-state index < -0.39 is 21.0 Å². The standard InChI is InChI=1S/C21H42O5S.Na/c1-4-5-6-7-8-9-10-11-12-13-14-15-16-17-18-19-20(22)26-21(2,3)27(23,24)25;/h4-19H2,1-3H3,(H,23,24,25);/q;+1/p-1. The SMILES string of the molecule is CCCCCCCCCCCCCCCCCC(=O)OC(C)(C)S(=O)(=O)[O-].[Na+]. The fourth-order valence-electron chi connectivity index (χ4n) is 3.02. The third-order valence-electron chi connectivity index (χ3n) is 4.95. The predicted octanol–water partition coefficient (Wildman–Crippen LogP) is 3.08. The minimum Gasteiger partial charge on any atom is -0.745 e. The van der Waals surface area contributed by atoms with Gasteiger partial charge < -0.3 is 9.29 Å². The summed E-state index contributed by atoms with van der Waals surface area (Å²) >= 11 is 0. The van der Waals surface area contributed by atoms with Crippen molar-refractivity contribution in [2.75, 3.05) is 0 Å². The molecule has 7 heteroatoms. The number of hydrogen-bond acceptors (Lipinski definition) is 5. The van der Waals surface area contributed by atoms with Gasteiger partial charge in [-0.25, -0.2) is 8.42 Å². The minimum absolute atomic E-state index is 0. The fraction of sp³-hybridized carbons (Fsp3) is 0.952. The molecule has 0 heterocycles. The molecule has 162 valence electrons. The molecular weight excluding hydrogens is 387 g/mol. The van der Waals surface area contributed by atoms with E-state index in [-0.39, 0.29) is 36.0 Å². The Balaban J connectivity index is 0. The zero-order valence-corrected chi connectivity index (χ0v) is 21.6. The summed E-state index contributed by atoms with van der Waals surface area (Å²) in [5.74, 6) is -0.617. The second-order valence-electron chi connectivity index (χ2n) is 8.03. The van der Waals surface area contributed by atoms with Crippen LogP contribution in [-0.2, 0) is 19.6 Å². The van der Waals surface area contributed by atoms with Crippen molar-refractivity contribution in [1.29, 1.82) is 0 Å². The number of esters is 1. The number of carbonyl (C=O) groups excluding carboxylic acids is 1. The van der Waals surface area contributed by atoms with Crippen molar-refractivity contribution in [3.05, 3.63) is 0 Å². The molecule has 0 saturated heterocycles. The van der Waals surface area contributed by atoms with E-state index in [4.69, 9.17) is 4.74 Å². The van der Waals surface area contributed by atoms with E-state index in [1.54, 1.807) is 0 Å². The van der Waals surface area contributed by atoms with E-state index in [1.165, 1.54) is 77.0 Å². The first-order valence-electron chi connectivity index (χ1n) is 10.9. The summed E-state index contributed by atoms with van der Waals surface area (Å²) < 4.78 is 37.7. The summed E-state index contributed by atoms with van der Waals surface area (Å²) in [6.45, 7) is 4.47. The average Bonchev–Trinajstić information content (AvgIpc) is 2.57. The molecule has 28 heavy (non-hydrogen) atoms. The van der Waals surface area contributed by atoms with Gasteiger partial charge in [-0.2, -0.15) is 0 Å². The minimum atomic E-state index is -4.65. The monoisotopic (exact) mass is 428 g/mol. The number of rotatable bonds is 18. The van der Waals surface area contributed by atoms with Crippen LogP contribution in [0.25, 0.3) is 0 Å². The number of hydrogen-bond donors (Lipinski definition) is 0. The maximum atomic E-state index is 11.6. The average molecular weight is 429 g/mol. The first kappa shape index (κ1) is 30.6. The van der Waals surface area contributed by atoms with Crippen molar-refractivity contribution < 1.29 is 52.1 Å². The van der Waals surface area contributed by atoms with Crippen molar-refractivity contribution in [2.45, 2.75) is 128 Å². The van der Waals surface area contributed by atoms with Crippen LogP contribution in [0.3, 0.4) is 0 Å². The molecule has 0 radical (unpaired) electrons. The number of ether oxygens (including phenoxy) is 1. The van der Waals surface area contributed by atoms with Crippen LogP contribution < -0.4 is 29.6 Å². The Morgan fingerprint density at radius 3 is 1.39 bits per heavy atom. The van der Waals surface area contributed by atoms with E-state index in [1.807, 2.05) is 0 Å². The van der Waals surface area contributed by atoms with E-state index in [0.29, 0.717) is 6.42 Å². The summed E-state index contributed by atoms with van der Waals surface area (Å²) in [7, 11) is -4.65. The maximum Gasteiger partial charge on any atom is 1.00 e. The van der Waals surface area contributed by atoms with Crippen molar-refractivity contribution in [2.24, 2.45) is 0 Å². The van der Waals surface area contributed by atoms with Crippen LogP contribution in [0.15, 0.2) is 0 Å². The van der Waals surface area contributed by atoms with Gasteiger partial charge in [0.15, 0.2) is 4.93 Å². The summed E-state index contributed by atoms with van der Waals surface area (Å²) in [5, 5.41) is 0. The Kier molecular flexibility index (Phi) is 19.8. The molecule has 0 N–H and O–H groups in total. The van der Waals surface area contributed by atoms with Crippen LogP contribution in [-0.4, -0.2) is 23.9 Å². The zero-order valence-electron chi connectivity index (χ0n) is 18.8. The molecule has 0 saturated carbocycles. The number of carbonyl (C=O) groups is 1. The van der Waals surface area contributed by atoms with E-state index in [9.17, 15) is 17.8 Å². The van der Waals surface area contributed by atoms with Crippen LogP contribution in [0.5, 0.6) is 0 Å². The molecular formula is C21H41NaO5S. The molecule has 0 aromatic heterocycles. The van der Waals surface area contributed by atoms with E-state index in [2.05, 4.69) is 6.92 Å². The van der Waals surface area contributed by atoms with Crippen molar-refractivity contribution >= 4 is 16.1 Å². The molecule has 0 aliphatic heterocycles. The van der Waals surface area contributed by atoms with Gasteiger partial charge in [-0.3, -0.25) is 4.79 Å².